The van der Waals surface area contributed by atoms with Crippen molar-refractivity contribution in [1.29, 1.82) is 0 Å². The van der Waals surface area contributed by atoms with Crippen molar-refractivity contribution in [3.63, 3.8) is 0 Å². The average Bonchev–Trinajstić information content (AvgIpc) is 2.70. The fourth-order valence-corrected chi connectivity index (χ4v) is 4.59. The molecule has 30 heavy (non-hydrogen) atoms. The van der Waals surface area contributed by atoms with Crippen molar-refractivity contribution >= 4 is 37.5 Å². The van der Waals surface area contributed by atoms with Crippen molar-refractivity contribution in [3.05, 3.63) is 94.2 Å². The van der Waals surface area contributed by atoms with Crippen LogP contribution < -0.4 is 10.0 Å². The van der Waals surface area contributed by atoms with E-state index in [-0.39, 0.29) is 23.3 Å². The zero-order valence-electron chi connectivity index (χ0n) is 16.1. The highest BCUT2D eigenvalue weighted by atomic mass is 79.9. The first-order valence-electron chi connectivity index (χ1n) is 9.16. The molecule has 5 nitrogen and oxygen atoms in total. The summed E-state index contributed by atoms with van der Waals surface area (Å²) >= 11 is 3.48. The summed E-state index contributed by atoms with van der Waals surface area (Å²) in [5.74, 6) is -0.650. The maximum absolute atomic E-state index is 13.0. The molecule has 1 amide bonds. The zero-order chi connectivity index (χ0) is 21.7. The van der Waals surface area contributed by atoms with Crippen molar-refractivity contribution in [2.45, 2.75) is 24.3 Å². The minimum Gasteiger partial charge on any atom is -0.349 e. The Hall–Kier alpha value is -2.71. The Bertz CT molecular complexity index is 1130. The normalized spacial score (nSPS) is 12.2. The molecule has 0 aliphatic rings. The molecule has 0 spiro atoms. The van der Waals surface area contributed by atoms with Crippen LogP contribution in [0.4, 0.5) is 10.1 Å². The molecule has 156 valence electrons. The van der Waals surface area contributed by atoms with Gasteiger partial charge < -0.3 is 5.32 Å². The van der Waals surface area contributed by atoms with Crippen LogP contribution >= 0.6 is 15.9 Å². The molecule has 0 aliphatic heterocycles. The summed E-state index contributed by atoms with van der Waals surface area (Å²) in [4.78, 5) is 12.3. The Labute approximate surface area is 183 Å². The van der Waals surface area contributed by atoms with Gasteiger partial charge in [-0.3, -0.25) is 9.52 Å². The van der Waals surface area contributed by atoms with Gasteiger partial charge in [-0.2, -0.15) is 0 Å². The number of halogens is 2. The van der Waals surface area contributed by atoms with Crippen LogP contribution in [0.1, 0.15) is 24.1 Å². The fraction of sp³-hybridized carbons (Fsp3) is 0.136. The van der Waals surface area contributed by atoms with E-state index in [1.54, 1.807) is 24.3 Å². The van der Waals surface area contributed by atoms with Crippen LogP contribution in [0.2, 0.25) is 0 Å². The second kappa shape index (κ2) is 9.40. The molecule has 3 aromatic rings. The Morgan fingerprint density at radius 3 is 2.27 bits per heavy atom. The number of benzene rings is 3. The smallest absolute Gasteiger partial charge is 0.261 e. The molecule has 0 radical (unpaired) electrons. The summed E-state index contributed by atoms with van der Waals surface area (Å²) in [5, 5.41) is 2.95. The van der Waals surface area contributed by atoms with E-state index in [2.05, 4.69) is 26.0 Å². The number of nitrogens with one attached hydrogen (secondary N) is 2. The number of anilines is 1. The molecule has 3 aromatic carbocycles. The average molecular weight is 491 g/mol. The lowest BCUT2D eigenvalue weighted by Gasteiger charge is -2.16. The summed E-state index contributed by atoms with van der Waals surface area (Å²) in [6.07, 6.45) is 0.166. The van der Waals surface area contributed by atoms with Gasteiger partial charge in [-0.15, -0.1) is 0 Å². The predicted octanol–water partition coefficient (Wildman–Crippen LogP) is 4.81. The second-order valence-electron chi connectivity index (χ2n) is 6.74. The highest BCUT2D eigenvalue weighted by Gasteiger charge is 2.15. The van der Waals surface area contributed by atoms with Gasteiger partial charge in [0, 0.05) is 10.2 Å². The maximum atomic E-state index is 13.0. The quantitative estimate of drug-likeness (QED) is 0.498. The van der Waals surface area contributed by atoms with E-state index in [1.807, 2.05) is 31.2 Å². The molecule has 2 N–H and O–H groups in total. The van der Waals surface area contributed by atoms with Crippen LogP contribution in [-0.2, 0) is 21.2 Å². The number of carbonyl (C=O) groups excluding carboxylic acids is 1. The minimum atomic E-state index is -3.82. The van der Waals surface area contributed by atoms with Gasteiger partial charge in [-0.1, -0.05) is 46.3 Å². The number of amides is 1. The fourth-order valence-electron chi connectivity index (χ4n) is 2.90. The van der Waals surface area contributed by atoms with Crippen LogP contribution in [0.25, 0.3) is 0 Å². The van der Waals surface area contributed by atoms with Crippen LogP contribution in [0.15, 0.2) is 82.2 Å². The molecule has 0 saturated carbocycles. The Kier molecular flexibility index (Phi) is 6.89. The number of carbonyl (C=O) groups is 1. The van der Waals surface area contributed by atoms with Crippen LogP contribution in [0.5, 0.6) is 0 Å². The molecule has 3 rings (SSSR count). The van der Waals surface area contributed by atoms with Gasteiger partial charge in [0.05, 0.1) is 17.4 Å². The first-order valence-corrected chi connectivity index (χ1v) is 11.4. The van der Waals surface area contributed by atoms with E-state index in [9.17, 15) is 17.6 Å². The topological polar surface area (TPSA) is 75.3 Å². The van der Waals surface area contributed by atoms with Gasteiger partial charge >= 0.3 is 0 Å². The molecular weight excluding hydrogens is 471 g/mol. The lowest BCUT2D eigenvalue weighted by molar-refractivity contribution is -0.121. The lowest BCUT2D eigenvalue weighted by Crippen LogP contribution is -2.28. The third-order valence-electron chi connectivity index (χ3n) is 4.44. The van der Waals surface area contributed by atoms with Gasteiger partial charge in [0.25, 0.3) is 10.0 Å². The molecule has 8 heteroatoms. The van der Waals surface area contributed by atoms with E-state index >= 15 is 0 Å². The third-order valence-corrected chi connectivity index (χ3v) is 6.56. The van der Waals surface area contributed by atoms with E-state index in [0.717, 1.165) is 27.7 Å². The highest BCUT2D eigenvalue weighted by Crippen LogP contribution is 2.23. The van der Waals surface area contributed by atoms with Gasteiger partial charge in [0.15, 0.2) is 0 Å². The highest BCUT2D eigenvalue weighted by molar-refractivity contribution is 9.10. The van der Waals surface area contributed by atoms with E-state index in [0.29, 0.717) is 5.69 Å². The standard InChI is InChI=1S/C22H20BrFN2O3S/c1-15(20-4-2-3-5-21(20)23)25-22(27)14-16-6-10-18(11-7-16)26-30(28,29)19-12-8-17(24)9-13-19/h2-13,15,26H,14H2,1H3,(H,25,27)/t15-/m1/s1. The van der Waals surface area contributed by atoms with Crippen molar-refractivity contribution in [2.24, 2.45) is 0 Å². The predicted molar refractivity (Wildman–Crippen MR) is 118 cm³/mol. The van der Waals surface area contributed by atoms with Gasteiger partial charge in [-0.05, 0) is 60.5 Å². The van der Waals surface area contributed by atoms with E-state index < -0.39 is 15.8 Å². The molecular formula is C22H20BrFN2O3S. The van der Waals surface area contributed by atoms with Crippen molar-refractivity contribution in [2.75, 3.05) is 4.72 Å². The van der Waals surface area contributed by atoms with Crippen LogP contribution in [0, 0.1) is 5.82 Å². The van der Waals surface area contributed by atoms with E-state index in [1.165, 1.54) is 12.1 Å². The SMILES string of the molecule is C[C@@H](NC(=O)Cc1ccc(NS(=O)(=O)c2ccc(F)cc2)cc1)c1ccccc1Br. The van der Waals surface area contributed by atoms with Gasteiger partial charge in [0.2, 0.25) is 5.91 Å². The molecule has 0 heterocycles. The molecule has 0 aromatic heterocycles. The first-order chi connectivity index (χ1) is 14.2. The second-order valence-corrected chi connectivity index (χ2v) is 9.28. The molecule has 0 bridgehead atoms. The number of hydrogen-bond donors (Lipinski definition) is 2. The van der Waals surface area contributed by atoms with Crippen molar-refractivity contribution in [3.8, 4) is 0 Å². The summed E-state index contributed by atoms with van der Waals surface area (Å²) in [6, 6.07) is 18.6. The first kappa shape index (κ1) is 22.0. The van der Waals surface area contributed by atoms with Crippen molar-refractivity contribution in [1.82, 2.24) is 5.32 Å². The Balaban J connectivity index is 1.61. The summed E-state index contributed by atoms with van der Waals surface area (Å²) in [5.41, 5.74) is 2.08. The largest absolute Gasteiger partial charge is 0.349 e. The van der Waals surface area contributed by atoms with Crippen molar-refractivity contribution < 1.29 is 17.6 Å². The lowest BCUT2D eigenvalue weighted by atomic mass is 10.1. The summed E-state index contributed by atoms with van der Waals surface area (Å²) in [7, 11) is -3.82. The molecule has 0 aliphatic carbocycles. The number of rotatable bonds is 7. The van der Waals surface area contributed by atoms with E-state index in [4.69, 9.17) is 0 Å². The summed E-state index contributed by atoms with van der Waals surface area (Å²) < 4.78 is 41.1. The Morgan fingerprint density at radius 2 is 1.63 bits per heavy atom. The third kappa shape index (κ3) is 5.67. The van der Waals surface area contributed by atoms with Crippen LogP contribution in [0.3, 0.4) is 0 Å². The summed E-state index contributed by atoms with van der Waals surface area (Å²) in [6.45, 7) is 1.91. The van der Waals surface area contributed by atoms with Gasteiger partial charge in [-0.25, -0.2) is 12.8 Å². The maximum Gasteiger partial charge on any atom is 0.261 e. The Morgan fingerprint density at radius 1 is 1.00 bits per heavy atom. The minimum absolute atomic E-state index is 0.0339. The monoisotopic (exact) mass is 490 g/mol. The molecule has 0 saturated heterocycles. The zero-order valence-corrected chi connectivity index (χ0v) is 18.5. The molecule has 1 atom stereocenters. The number of hydrogen-bond acceptors (Lipinski definition) is 3. The van der Waals surface area contributed by atoms with Crippen LogP contribution in [-0.4, -0.2) is 14.3 Å². The van der Waals surface area contributed by atoms with Gasteiger partial charge in [0.1, 0.15) is 5.82 Å². The number of sulfonamides is 1. The molecule has 0 unspecified atom stereocenters. The molecule has 0 fully saturated rings.